The van der Waals surface area contributed by atoms with Crippen LogP contribution in [0.25, 0.3) is 11.1 Å². The molecule has 1 aromatic carbocycles. The number of rotatable bonds is 8. The average Bonchev–Trinajstić information content (AvgIpc) is 2.77. The Kier molecular flexibility index (Phi) is 6.78. The third-order valence-corrected chi connectivity index (χ3v) is 8.31. The molecule has 9 heteroatoms. The van der Waals surface area contributed by atoms with Crippen LogP contribution in [-0.4, -0.2) is 55.7 Å². The molecule has 1 aliphatic heterocycles. The molecular formula is C23H29N5O3S. The summed E-state index contributed by atoms with van der Waals surface area (Å²) in [6, 6.07) is 6.30. The van der Waals surface area contributed by atoms with Crippen LogP contribution < -0.4 is 10.6 Å². The maximum atomic E-state index is 13.0. The zero-order chi connectivity index (χ0) is 22.7. The van der Waals surface area contributed by atoms with Crippen molar-refractivity contribution in [1.82, 2.24) is 24.9 Å². The lowest BCUT2D eigenvalue weighted by molar-refractivity contribution is -0.129. The van der Waals surface area contributed by atoms with Gasteiger partial charge in [-0.2, -0.15) is 0 Å². The van der Waals surface area contributed by atoms with Crippen molar-refractivity contribution >= 4 is 23.3 Å². The molecule has 2 aliphatic rings. The first kappa shape index (κ1) is 22.7. The minimum atomic E-state index is -1.38. The smallest absolute Gasteiger partial charge is 0.247 e. The molecule has 0 radical (unpaired) electrons. The van der Waals surface area contributed by atoms with Crippen LogP contribution in [-0.2, 0) is 33.5 Å². The summed E-state index contributed by atoms with van der Waals surface area (Å²) in [6.07, 6.45) is 8.58. The molecule has 0 bridgehead atoms. The van der Waals surface area contributed by atoms with Gasteiger partial charge in [0.25, 0.3) is 0 Å². The molecule has 1 saturated carbocycles. The number of benzene rings is 1. The predicted octanol–water partition coefficient (Wildman–Crippen LogP) is 1.68. The predicted molar refractivity (Wildman–Crippen MR) is 123 cm³/mol. The lowest BCUT2D eigenvalue weighted by Crippen LogP contribution is -2.58. The molecule has 0 spiro atoms. The summed E-state index contributed by atoms with van der Waals surface area (Å²) in [7, 11) is 0.245. The maximum absolute atomic E-state index is 13.0. The second-order valence-corrected chi connectivity index (χ2v) is 10.1. The number of hydrogen-bond donors (Lipinski definition) is 2. The summed E-state index contributed by atoms with van der Waals surface area (Å²) in [4.78, 5) is 32.0. The molecule has 2 N–H and O–H groups in total. The Morgan fingerprint density at radius 2 is 2.00 bits per heavy atom. The van der Waals surface area contributed by atoms with Crippen LogP contribution in [0.5, 0.6) is 0 Å². The molecule has 170 valence electrons. The molecule has 0 saturated heterocycles. The number of amides is 2. The highest BCUT2D eigenvalue weighted by Gasteiger charge is 2.35. The first-order chi connectivity index (χ1) is 15.4. The van der Waals surface area contributed by atoms with Gasteiger partial charge in [0.2, 0.25) is 12.3 Å². The van der Waals surface area contributed by atoms with Crippen molar-refractivity contribution < 1.29 is 13.8 Å². The summed E-state index contributed by atoms with van der Waals surface area (Å²) in [6.45, 7) is 2.83. The van der Waals surface area contributed by atoms with Gasteiger partial charge in [0, 0.05) is 37.0 Å². The van der Waals surface area contributed by atoms with Crippen LogP contribution >= 0.6 is 0 Å². The normalized spacial score (nSPS) is 19.3. The topological polar surface area (TPSA) is 104 Å². The highest BCUT2D eigenvalue weighted by molar-refractivity contribution is 7.82. The zero-order valence-electron chi connectivity index (χ0n) is 18.5. The number of aromatic nitrogens is 2. The number of fused-ring (bicyclic) bond motifs is 1. The number of carbonyl (C=O) groups is 2. The van der Waals surface area contributed by atoms with Gasteiger partial charge in [0.05, 0.1) is 16.7 Å². The summed E-state index contributed by atoms with van der Waals surface area (Å²) >= 11 is 0. The molecule has 2 heterocycles. The van der Waals surface area contributed by atoms with Crippen LogP contribution in [0.4, 0.5) is 0 Å². The van der Waals surface area contributed by atoms with Gasteiger partial charge in [-0.25, -0.2) is 18.5 Å². The lowest BCUT2D eigenvalue weighted by Gasteiger charge is -2.32. The fourth-order valence-electron chi connectivity index (χ4n) is 4.05. The van der Waals surface area contributed by atoms with E-state index in [4.69, 9.17) is 0 Å². The van der Waals surface area contributed by atoms with Gasteiger partial charge < -0.3 is 5.32 Å². The highest BCUT2D eigenvalue weighted by atomic mass is 32.2. The molecule has 32 heavy (non-hydrogen) atoms. The van der Waals surface area contributed by atoms with E-state index in [9.17, 15) is 13.8 Å². The van der Waals surface area contributed by atoms with Gasteiger partial charge in [-0.1, -0.05) is 24.6 Å². The molecule has 2 atom stereocenters. The Bertz CT molecular complexity index is 1020. The number of carbonyl (C=O) groups excluding carboxylic acids is 2. The minimum Gasteiger partial charge on any atom is -0.306 e. The fraction of sp³-hybridized carbons (Fsp3) is 0.478. The first-order valence-corrected chi connectivity index (χ1v) is 12.2. The maximum Gasteiger partial charge on any atom is 0.247 e. The van der Waals surface area contributed by atoms with Gasteiger partial charge in [-0.05, 0) is 49.9 Å². The van der Waals surface area contributed by atoms with Crippen molar-refractivity contribution in [3.05, 3.63) is 47.5 Å². The quantitative estimate of drug-likeness (QED) is 0.587. The summed E-state index contributed by atoms with van der Waals surface area (Å²) in [5.41, 5.74) is 3.36. The van der Waals surface area contributed by atoms with Crippen LogP contribution in [0.3, 0.4) is 0 Å². The zero-order valence-corrected chi connectivity index (χ0v) is 19.3. The van der Waals surface area contributed by atoms with Crippen molar-refractivity contribution in [1.29, 1.82) is 0 Å². The number of hydrogen-bond acceptors (Lipinski definition) is 6. The second kappa shape index (κ2) is 9.56. The second-order valence-electron chi connectivity index (χ2n) is 8.69. The van der Waals surface area contributed by atoms with E-state index >= 15 is 0 Å². The highest BCUT2D eigenvalue weighted by Crippen LogP contribution is 2.34. The van der Waals surface area contributed by atoms with Gasteiger partial charge in [0.1, 0.15) is 11.4 Å². The SMILES string of the molecule is CNC(C)(CS(=O)N1CCc2cc(-c3cnc(C4CCC4)nc3)ccc2C1)C(=O)NC=O. The van der Waals surface area contributed by atoms with Gasteiger partial charge >= 0.3 is 0 Å². The molecular weight excluding hydrogens is 426 g/mol. The first-order valence-electron chi connectivity index (χ1n) is 10.9. The molecule has 4 rings (SSSR count). The Labute approximate surface area is 190 Å². The molecule has 2 amide bonds. The third kappa shape index (κ3) is 4.65. The van der Waals surface area contributed by atoms with Gasteiger partial charge in [0.15, 0.2) is 0 Å². The van der Waals surface area contributed by atoms with Crippen molar-refractivity contribution in [3.63, 3.8) is 0 Å². The van der Waals surface area contributed by atoms with Crippen molar-refractivity contribution in [2.45, 2.75) is 50.6 Å². The summed E-state index contributed by atoms with van der Waals surface area (Å²) in [5.74, 6) is 1.07. The summed E-state index contributed by atoms with van der Waals surface area (Å²) in [5, 5.41) is 5.05. The molecule has 2 unspecified atom stereocenters. The standard InChI is InChI=1S/C23H29N5O3S/c1-23(24-2,22(30)27-15-29)14-32(31)28-9-8-18-10-17(6-7-19(18)13-28)20-11-25-21(26-12-20)16-4-3-5-16/h6-7,10-12,15-16,24H,3-5,8-9,13-14H2,1-2H3,(H,27,29,30). The molecule has 1 fully saturated rings. The Morgan fingerprint density at radius 1 is 1.25 bits per heavy atom. The van der Waals surface area contributed by atoms with E-state index in [1.807, 2.05) is 16.7 Å². The van der Waals surface area contributed by atoms with E-state index < -0.39 is 22.4 Å². The van der Waals surface area contributed by atoms with Crippen LogP contribution in [0.2, 0.25) is 0 Å². The largest absolute Gasteiger partial charge is 0.306 e. The van der Waals surface area contributed by atoms with Gasteiger partial charge in [-0.15, -0.1) is 0 Å². The Balaban J connectivity index is 1.43. The fourth-order valence-corrected chi connectivity index (χ4v) is 5.58. The third-order valence-electron chi connectivity index (χ3n) is 6.60. The number of nitrogens with zero attached hydrogens (tertiary/aromatic N) is 3. The van der Waals surface area contributed by atoms with Crippen molar-refractivity contribution in [2.75, 3.05) is 19.3 Å². The molecule has 1 aliphatic carbocycles. The number of nitrogens with one attached hydrogen (secondary N) is 2. The van der Waals surface area contributed by atoms with E-state index in [1.165, 1.54) is 24.8 Å². The van der Waals surface area contributed by atoms with Crippen LogP contribution in [0.15, 0.2) is 30.6 Å². The van der Waals surface area contributed by atoms with Crippen molar-refractivity contribution in [2.24, 2.45) is 0 Å². The van der Waals surface area contributed by atoms with Gasteiger partial charge in [-0.3, -0.25) is 14.9 Å². The Morgan fingerprint density at radius 3 is 2.62 bits per heavy atom. The molecule has 2 aromatic rings. The monoisotopic (exact) mass is 455 g/mol. The van der Waals surface area contributed by atoms with E-state index in [2.05, 4.69) is 38.8 Å². The van der Waals surface area contributed by atoms with E-state index in [-0.39, 0.29) is 5.75 Å². The van der Waals surface area contributed by atoms with Crippen molar-refractivity contribution in [3.8, 4) is 11.1 Å². The average molecular weight is 456 g/mol. The summed E-state index contributed by atoms with van der Waals surface area (Å²) < 4.78 is 14.9. The van der Waals surface area contributed by atoms with Crippen LogP contribution in [0.1, 0.15) is 49.1 Å². The van der Waals surface area contributed by atoms with E-state index in [0.29, 0.717) is 25.4 Å². The van der Waals surface area contributed by atoms with Crippen LogP contribution in [0, 0.1) is 0 Å². The van der Waals surface area contributed by atoms with E-state index in [1.54, 1.807) is 14.0 Å². The van der Waals surface area contributed by atoms with E-state index in [0.717, 1.165) is 28.9 Å². The number of likely N-dealkylation sites (N-methyl/N-ethyl adjacent to an activating group) is 1. The molecule has 1 aromatic heterocycles. The minimum absolute atomic E-state index is 0.0846. The number of imide groups is 1. The Hall–Kier alpha value is -2.49. The molecule has 8 nitrogen and oxygen atoms in total. The lowest BCUT2D eigenvalue weighted by atomic mass is 9.85.